The first-order valence-corrected chi connectivity index (χ1v) is 9.26. The summed E-state index contributed by atoms with van der Waals surface area (Å²) in [5.74, 6) is 2.35. The fourth-order valence-corrected chi connectivity index (χ4v) is 3.16. The van der Waals surface area contributed by atoms with Gasteiger partial charge in [0, 0.05) is 10.9 Å². The first-order chi connectivity index (χ1) is 11.5. The lowest BCUT2D eigenvalue weighted by Gasteiger charge is -2.16. The molecule has 1 aromatic carbocycles. The summed E-state index contributed by atoms with van der Waals surface area (Å²) in [6.45, 7) is 8.23. The first kappa shape index (κ1) is 18.5. The highest BCUT2D eigenvalue weighted by atomic mass is 32.2. The van der Waals surface area contributed by atoms with Crippen LogP contribution >= 0.6 is 11.8 Å². The molecule has 1 atom stereocenters. The Morgan fingerprint density at radius 3 is 2.67 bits per heavy atom. The van der Waals surface area contributed by atoms with Crippen molar-refractivity contribution in [1.29, 1.82) is 0 Å². The third-order valence-corrected chi connectivity index (χ3v) is 4.67. The molecule has 0 radical (unpaired) electrons. The van der Waals surface area contributed by atoms with Crippen LogP contribution in [0.15, 0.2) is 33.7 Å². The van der Waals surface area contributed by atoms with E-state index < -0.39 is 0 Å². The van der Waals surface area contributed by atoms with E-state index in [1.807, 2.05) is 24.3 Å². The molecule has 0 bridgehead atoms. The smallest absolute Gasteiger partial charge is 0.252 e. The third-order valence-electron chi connectivity index (χ3n) is 3.61. The SMILES string of the molecule is Cc1noc(CSc2ccccc2C(=O)NC(C)CCC(C)C)n1. The molecule has 1 unspecified atom stereocenters. The van der Waals surface area contributed by atoms with Gasteiger partial charge in [-0.15, -0.1) is 11.8 Å². The Balaban J connectivity index is 1.98. The van der Waals surface area contributed by atoms with Gasteiger partial charge in [0.1, 0.15) is 0 Å². The summed E-state index contributed by atoms with van der Waals surface area (Å²) in [5, 5.41) is 6.87. The molecule has 0 aliphatic rings. The van der Waals surface area contributed by atoms with Crippen LogP contribution in [-0.4, -0.2) is 22.1 Å². The number of aromatic nitrogens is 2. The Hall–Kier alpha value is -1.82. The number of benzene rings is 1. The van der Waals surface area contributed by atoms with Crippen molar-refractivity contribution >= 4 is 17.7 Å². The molecular weight excluding hydrogens is 322 g/mol. The van der Waals surface area contributed by atoms with E-state index in [0.717, 1.165) is 17.7 Å². The highest BCUT2D eigenvalue weighted by molar-refractivity contribution is 7.98. The predicted octanol–water partition coefficient (Wildman–Crippen LogP) is 4.22. The number of amides is 1. The van der Waals surface area contributed by atoms with E-state index in [4.69, 9.17) is 4.52 Å². The average molecular weight is 347 g/mol. The van der Waals surface area contributed by atoms with Crippen LogP contribution in [0.5, 0.6) is 0 Å². The number of rotatable bonds is 8. The Bertz CT molecular complexity index is 670. The lowest BCUT2D eigenvalue weighted by Crippen LogP contribution is -2.33. The molecule has 1 heterocycles. The first-order valence-electron chi connectivity index (χ1n) is 8.27. The Morgan fingerprint density at radius 2 is 2.00 bits per heavy atom. The standard InChI is InChI=1S/C18H25N3O2S/c1-12(2)9-10-13(3)19-18(22)15-7-5-6-8-16(15)24-11-17-20-14(4)21-23-17/h5-8,12-13H,9-11H2,1-4H3,(H,19,22). The second-order valence-corrected chi connectivity index (χ2v) is 7.38. The molecule has 0 spiro atoms. The highest BCUT2D eigenvalue weighted by Crippen LogP contribution is 2.26. The number of hydrogen-bond acceptors (Lipinski definition) is 5. The van der Waals surface area contributed by atoms with E-state index in [1.54, 1.807) is 6.92 Å². The second-order valence-electron chi connectivity index (χ2n) is 6.37. The van der Waals surface area contributed by atoms with Crippen molar-refractivity contribution in [3.05, 3.63) is 41.5 Å². The Morgan fingerprint density at radius 1 is 1.25 bits per heavy atom. The van der Waals surface area contributed by atoms with E-state index in [2.05, 4.69) is 36.2 Å². The third kappa shape index (κ3) is 5.67. The minimum Gasteiger partial charge on any atom is -0.350 e. The zero-order valence-electron chi connectivity index (χ0n) is 14.7. The van der Waals surface area contributed by atoms with E-state index in [0.29, 0.717) is 28.9 Å². The average Bonchev–Trinajstić information content (AvgIpc) is 2.96. The number of nitrogens with one attached hydrogen (secondary N) is 1. The van der Waals surface area contributed by atoms with Crippen LogP contribution in [0.1, 0.15) is 55.7 Å². The summed E-state index contributed by atoms with van der Waals surface area (Å²) >= 11 is 1.53. The van der Waals surface area contributed by atoms with Crippen LogP contribution in [0.25, 0.3) is 0 Å². The van der Waals surface area contributed by atoms with Crippen LogP contribution in [0.2, 0.25) is 0 Å². The maximum atomic E-state index is 12.6. The van der Waals surface area contributed by atoms with Crippen LogP contribution in [-0.2, 0) is 5.75 Å². The monoisotopic (exact) mass is 347 g/mol. The maximum Gasteiger partial charge on any atom is 0.252 e. The molecule has 1 aromatic heterocycles. The van der Waals surface area contributed by atoms with Gasteiger partial charge in [-0.2, -0.15) is 4.98 Å². The van der Waals surface area contributed by atoms with Gasteiger partial charge in [-0.05, 0) is 44.7 Å². The number of aryl methyl sites for hydroxylation is 1. The van der Waals surface area contributed by atoms with Crippen molar-refractivity contribution in [3.63, 3.8) is 0 Å². The van der Waals surface area contributed by atoms with Gasteiger partial charge in [0.05, 0.1) is 11.3 Å². The molecule has 24 heavy (non-hydrogen) atoms. The van der Waals surface area contributed by atoms with Crippen molar-refractivity contribution in [2.45, 2.75) is 57.2 Å². The Kier molecular flexibility index (Phi) is 6.85. The van der Waals surface area contributed by atoms with Gasteiger partial charge >= 0.3 is 0 Å². The fraction of sp³-hybridized carbons (Fsp3) is 0.500. The van der Waals surface area contributed by atoms with Crippen molar-refractivity contribution < 1.29 is 9.32 Å². The molecule has 0 saturated carbocycles. The lowest BCUT2D eigenvalue weighted by molar-refractivity contribution is 0.0934. The zero-order chi connectivity index (χ0) is 17.5. The number of thioether (sulfide) groups is 1. The molecule has 0 fully saturated rings. The molecule has 5 nitrogen and oxygen atoms in total. The van der Waals surface area contributed by atoms with Crippen molar-refractivity contribution in [3.8, 4) is 0 Å². The normalized spacial score (nSPS) is 12.4. The summed E-state index contributed by atoms with van der Waals surface area (Å²) in [5.41, 5.74) is 0.690. The molecule has 1 amide bonds. The second kappa shape index (κ2) is 8.87. The van der Waals surface area contributed by atoms with E-state index >= 15 is 0 Å². The number of carbonyl (C=O) groups is 1. The Labute approximate surface area is 147 Å². The van der Waals surface area contributed by atoms with Crippen LogP contribution in [0.4, 0.5) is 0 Å². The minimum atomic E-state index is -0.0314. The molecule has 130 valence electrons. The predicted molar refractivity (Wildman–Crippen MR) is 96.0 cm³/mol. The van der Waals surface area contributed by atoms with Gasteiger partial charge in [0.25, 0.3) is 5.91 Å². The number of carbonyl (C=O) groups excluding carboxylic acids is 1. The maximum absolute atomic E-state index is 12.6. The molecule has 0 saturated heterocycles. The van der Waals surface area contributed by atoms with E-state index in [-0.39, 0.29) is 11.9 Å². The molecule has 1 N–H and O–H groups in total. The summed E-state index contributed by atoms with van der Waals surface area (Å²) in [6.07, 6.45) is 2.09. The van der Waals surface area contributed by atoms with Crippen molar-refractivity contribution in [2.75, 3.05) is 0 Å². The topological polar surface area (TPSA) is 68.0 Å². The molecular formula is C18H25N3O2S. The highest BCUT2D eigenvalue weighted by Gasteiger charge is 2.15. The van der Waals surface area contributed by atoms with Gasteiger partial charge in [0.2, 0.25) is 5.89 Å². The van der Waals surface area contributed by atoms with Crippen molar-refractivity contribution in [1.82, 2.24) is 15.5 Å². The van der Waals surface area contributed by atoms with Gasteiger partial charge in [0.15, 0.2) is 5.82 Å². The fourth-order valence-electron chi connectivity index (χ4n) is 2.28. The van der Waals surface area contributed by atoms with Crippen LogP contribution < -0.4 is 5.32 Å². The number of nitrogens with zero attached hydrogens (tertiary/aromatic N) is 2. The summed E-state index contributed by atoms with van der Waals surface area (Å²) in [4.78, 5) is 17.7. The van der Waals surface area contributed by atoms with Gasteiger partial charge in [-0.25, -0.2) is 0 Å². The minimum absolute atomic E-state index is 0.0314. The summed E-state index contributed by atoms with van der Waals surface area (Å²) < 4.78 is 5.12. The van der Waals surface area contributed by atoms with Crippen molar-refractivity contribution in [2.24, 2.45) is 5.92 Å². The summed E-state index contributed by atoms with van der Waals surface area (Å²) in [6, 6.07) is 7.78. The van der Waals surface area contributed by atoms with Crippen LogP contribution in [0, 0.1) is 12.8 Å². The molecule has 0 aliphatic carbocycles. The number of hydrogen-bond donors (Lipinski definition) is 1. The lowest BCUT2D eigenvalue weighted by atomic mass is 10.0. The molecule has 6 heteroatoms. The quantitative estimate of drug-likeness (QED) is 0.724. The molecule has 2 aromatic rings. The van der Waals surface area contributed by atoms with E-state index in [9.17, 15) is 4.79 Å². The molecule has 0 aliphatic heterocycles. The van der Waals surface area contributed by atoms with Gasteiger partial charge in [-0.1, -0.05) is 31.1 Å². The van der Waals surface area contributed by atoms with E-state index in [1.165, 1.54) is 11.8 Å². The van der Waals surface area contributed by atoms with Gasteiger partial charge in [-0.3, -0.25) is 4.79 Å². The molecule has 2 rings (SSSR count). The van der Waals surface area contributed by atoms with Crippen LogP contribution in [0.3, 0.4) is 0 Å². The zero-order valence-corrected chi connectivity index (χ0v) is 15.5. The largest absolute Gasteiger partial charge is 0.350 e. The van der Waals surface area contributed by atoms with Gasteiger partial charge < -0.3 is 9.84 Å². The summed E-state index contributed by atoms with van der Waals surface area (Å²) in [7, 11) is 0.